The Hall–Kier alpha value is -3.19. The van der Waals surface area contributed by atoms with Crippen molar-refractivity contribution in [1.29, 1.82) is 0 Å². The van der Waals surface area contributed by atoms with Crippen molar-refractivity contribution in [3.63, 3.8) is 0 Å². The Balaban J connectivity index is 1.73. The zero-order valence-electron chi connectivity index (χ0n) is 13.7. The Kier molecular flexibility index (Phi) is 4.37. The molecule has 0 radical (unpaired) electrons. The van der Waals surface area contributed by atoms with E-state index in [0.717, 1.165) is 12.1 Å². The third kappa shape index (κ3) is 3.29. The monoisotopic (exact) mass is 366 g/mol. The van der Waals surface area contributed by atoms with Crippen LogP contribution in [0.1, 0.15) is 5.56 Å². The van der Waals surface area contributed by atoms with Gasteiger partial charge in [-0.3, -0.25) is 0 Å². The number of nitrogens with zero attached hydrogens (tertiary/aromatic N) is 5. The maximum absolute atomic E-state index is 6.13. The fourth-order valence-corrected chi connectivity index (χ4v) is 2.83. The highest BCUT2D eigenvalue weighted by Gasteiger charge is 2.18. The number of rotatable bonds is 5. The molecule has 0 aliphatic rings. The summed E-state index contributed by atoms with van der Waals surface area (Å²) < 4.78 is 4.69. The highest BCUT2D eigenvalue weighted by atomic mass is 35.5. The summed E-state index contributed by atoms with van der Waals surface area (Å²) in [5.74, 6) is 0.766. The summed E-state index contributed by atoms with van der Waals surface area (Å²) in [6.45, 7) is 0.654. The van der Waals surface area contributed by atoms with Gasteiger partial charge in [-0.15, -0.1) is 0 Å². The van der Waals surface area contributed by atoms with Gasteiger partial charge >= 0.3 is 0 Å². The van der Waals surface area contributed by atoms with Crippen molar-refractivity contribution < 1.29 is 4.63 Å². The van der Waals surface area contributed by atoms with Gasteiger partial charge in [-0.05, 0) is 46.6 Å². The quantitative estimate of drug-likeness (QED) is 0.576. The molecule has 26 heavy (non-hydrogen) atoms. The lowest BCUT2D eigenvalue weighted by atomic mass is 10.1. The first kappa shape index (κ1) is 16.3. The Morgan fingerprint density at radius 2 is 1.62 bits per heavy atom. The van der Waals surface area contributed by atoms with Crippen LogP contribution in [0.2, 0.25) is 5.02 Å². The summed E-state index contributed by atoms with van der Waals surface area (Å²) in [5.41, 5.74) is 8.84. The lowest BCUT2D eigenvalue weighted by Crippen LogP contribution is -2.23. The zero-order chi connectivity index (χ0) is 17.9. The van der Waals surface area contributed by atoms with E-state index in [2.05, 4.69) is 37.0 Å². The molecule has 4 aromatic rings. The van der Waals surface area contributed by atoms with Gasteiger partial charge in [-0.25, -0.2) is 14.6 Å². The van der Waals surface area contributed by atoms with Crippen molar-refractivity contribution in [2.75, 3.05) is 17.2 Å². The first-order valence-electron chi connectivity index (χ1n) is 8.03. The van der Waals surface area contributed by atoms with Crippen LogP contribution in [0.3, 0.4) is 0 Å². The molecule has 0 aliphatic carbocycles. The Labute approximate surface area is 154 Å². The van der Waals surface area contributed by atoms with Gasteiger partial charge in [0.05, 0.1) is 0 Å². The van der Waals surface area contributed by atoms with E-state index in [1.807, 2.05) is 47.4 Å². The molecule has 2 aromatic heterocycles. The average molecular weight is 367 g/mol. The standard InChI is InChI=1S/C18H15ClN6O/c19-13-6-8-14(9-7-13)25(11-10-12-4-2-1-3-5-12)18-15(20)21-16-17(22-18)24-26-23-16/h1-9H,10-11H2,(H2,20,21,23). The molecule has 0 amide bonds. The second-order valence-corrected chi connectivity index (χ2v) is 6.14. The lowest BCUT2D eigenvalue weighted by Gasteiger charge is -2.24. The van der Waals surface area contributed by atoms with Crippen molar-refractivity contribution in [1.82, 2.24) is 20.3 Å². The largest absolute Gasteiger partial charge is 0.381 e. The fraction of sp³-hybridized carbons (Fsp3) is 0.111. The number of hydrogen-bond donors (Lipinski definition) is 1. The maximum Gasteiger partial charge on any atom is 0.245 e. The van der Waals surface area contributed by atoms with Crippen LogP contribution in [-0.2, 0) is 6.42 Å². The minimum absolute atomic E-state index is 0.260. The van der Waals surface area contributed by atoms with Gasteiger partial charge in [0.15, 0.2) is 11.6 Å². The Morgan fingerprint density at radius 1 is 0.923 bits per heavy atom. The Bertz CT molecular complexity index is 1020. The van der Waals surface area contributed by atoms with Gasteiger partial charge in [0.1, 0.15) is 0 Å². The zero-order valence-corrected chi connectivity index (χ0v) is 14.5. The first-order valence-corrected chi connectivity index (χ1v) is 8.41. The van der Waals surface area contributed by atoms with E-state index < -0.39 is 0 Å². The predicted octanol–water partition coefficient (Wildman–Crippen LogP) is 3.63. The number of fused-ring (bicyclic) bond motifs is 1. The number of anilines is 3. The maximum atomic E-state index is 6.13. The molecular weight excluding hydrogens is 352 g/mol. The van der Waals surface area contributed by atoms with E-state index in [1.165, 1.54) is 5.56 Å². The predicted molar refractivity (Wildman–Crippen MR) is 100 cm³/mol. The fourth-order valence-electron chi connectivity index (χ4n) is 2.70. The third-order valence-corrected chi connectivity index (χ3v) is 4.23. The minimum atomic E-state index is 0.260. The van der Waals surface area contributed by atoms with E-state index in [-0.39, 0.29) is 11.5 Å². The van der Waals surface area contributed by atoms with Crippen LogP contribution < -0.4 is 10.6 Å². The minimum Gasteiger partial charge on any atom is -0.381 e. The number of nitrogen functional groups attached to an aromatic ring is 1. The van der Waals surface area contributed by atoms with Crippen LogP contribution in [0.15, 0.2) is 59.2 Å². The molecule has 0 atom stereocenters. The third-order valence-electron chi connectivity index (χ3n) is 3.98. The second-order valence-electron chi connectivity index (χ2n) is 5.71. The van der Waals surface area contributed by atoms with Crippen molar-refractivity contribution in [3.8, 4) is 0 Å². The molecule has 0 bridgehead atoms. The second kappa shape index (κ2) is 6.97. The van der Waals surface area contributed by atoms with E-state index in [9.17, 15) is 0 Å². The van der Waals surface area contributed by atoms with Crippen molar-refractivity contribution in [3.05, 3.63) is 65.2 Å². The molecule has 2 N–H and O–H groups in total. The molecule has 4 rings (SSSR count). The van der Waals surface area contributed by atoms with Gasteiger partial charge in [0.2, 0.25) is 11.3 Å². The van der Waals surface area contributed by atoms with Crippen LogP contribution in [-0.4, -0.2) is 26.8 Å². The van der Waals surface area contributed by atoms with Gasteiger partial charge in [-0.2, -0.15) is 0 Å². The summed E-state index contributed by atoms with van der Waals surface area (Å²) in [6, 6.07) is 17.7. The molecule has 130 valence electrons. The first-order chi connectivity index (χ1) is 12.7. The number of aromatic nitrogens is 4. The van der Waals surface area contributed by atoms with E-state index in [0.29, 0.717) is 23.0 Å². The number of benzene rings is 2. The highest BCUT2D eigenvalue weighted by Crippen LogP contribution is 2.29. The summed E-state index contributed by atoms with van der Waals surface area (Å²) in [7, 11) is 0. The van der Waals surface area contributed by atoms with Gasteiger partial charge in [-0.1, -0.05) is 41.9 Å². The van der Waals surface area contributed by atoms with Crippen LogP contribution >= 0.6 is 11.6 Å². The molecule has 2 aromatic carbocycles. The SMILES string of the molecule is Nc1nc2nonc2nc1N(CCc1ccccc1)c1ccc(Cl)cc1. The van der Waals surface area contributed by atoms with Crippen LogP contribution in [0.5, 0.6) is 0 Å². The number of halogens is 1. The molecule has 0 spiro atoms. The molecule has 0 fully saturated rings. The normalized spacial score (nSPS) is 11.0. The van der Waals surface area contributed by atoms with Crippen LogP contribution in [0.4, 0.5) is 17.3 Å². The average Bonchev–Trinajstić information content (AvgIpc) is 3.11. The van der Waals surface area contributed by atoms with Crippen LogP contribution in [0.25, 0.3) is 11.3 Å². The van der Waals surface area contributed by atoms with Crippen molar-refractivity contribution in [2.24, 2.45) is 0 Å². The van der Waals surface area contributed by atoms with E-state index in [1.54, 1.807) is 0 Å². The van der Waals surface area contributed by atoms with E-state index in [4.69, 9.17) is 17.3 Å². The molecule has 2 heterocycles. The summed E-state index contributed by atoms with van der Waals surface area (Å²) in [4.78, 5) is 10.7. The van der Waals surface area contributed by atoms with Crippen molar-refractivity contribution >= 4 is 40.2 Å². The molecule has 0 unspecified atom stereocenters. The Morgan fingerprint density at radius 3 is 2.35 bits per heavy atom. The molecule has 0 saturated carbocycles. The van der Waals surface area contributed by atoms with Crippen molar-refractivity contribution in [2.45, 2.75) is 6.42 Å². The topological polar surface area (TPSA) is 94.0 Å². The molecule has 8 heteroatoms. The molecule has 0 saturated heterocycles. The number of hydrogen-bond acceptors (Lipinski definition) is 7. The van der Waals surface area contributed by atoms with E-state index >= 15 is 0 Å². The summed E-state index contributed by atoms with van der Waals surface area (Å²) in [5, 5.41) is 8.11. The number of nitrogens with two attached hydrogens (primary N) is 1. The highest BCUT2D eigenvalue weighted by molar-refractivity contribution is 6.30. The van der Waals surface area contributed by atoms with Gasteiger partial charge in [0, 0.05) is 17.3 Å². The van der Waals surface area contributed by atoms with Crippen LogP contribution in [0, 0.1) is 0 Å². The lowest BCUT2D eigenvalue weighted by molar-refractivity contribution is 0.314. The molecule has 0 aliphatic heterocycles. The molecular formula is C18H15ClN6O. The van der Waals surface area contributed by atoms with Gasteiger partial charge < -0.3 is 10.6 Å². The summed E-state index contributed by atoms with van der Waals surface area (Å²) >= 11 is 6.03. The summed E-state index contributed by atoms with van der Waals surface area (Å²) in [6.07, 6.45) is 0.805. The smallest absolute Gasteiger partial charge is 0.245 e. The molecule has 7 nitrogen and oxygen atoms in total. The van der Waals surface area contributed by atoms with Gasteiger partial charge in [0.25, 0.3) is 0 Å².